The van der Waals surface area contributed by atoms with E-state index in [1.807, 2.05) is 12.1 Å². The maximum atomic E-state index is 6.18. The minimum Gasteiger partial charge on any atom is -0.496 e. The SMILES string of the molecule is COc1ccc(Br)cc1[C@@H](N)CC1CC1.Cl. The Morgan fingerprint density at radius 3 is 2.75 bits per heavy atom. The van der Waals surface area contributed by atoms with Crippen LogP contribution in [0, 0.1) is 5.92 Å². The Morgan fingerprint density at radius 1 is 1.50 bits per heavy atom. The van der Waals surface area contributed by atoms with E-state index in [0.717, 1.165) is 28.1 Å². The van der Waals surface area contributed by atoms with Crippen molar-refractivity contribution in [3.05, 3.63) is 28.2 Å². The van der Waals surface area contributed by atoms with Gasteiger partial charge in [-0.15, -0.1) is 12.4 Å². The van der Waals surface area contributed by atoms with Gasteiger partial charge >= 0.3 is 0 Å². The quantitative estimate of drug-likeness (QED) is 0.921. The van der Waals surface area contributed by atoms with E-state index < -0.39 is 0 Å². The lowest BCUT2D eigenvalue weighted by Crippen LogP contribution is -2.12. The van der Waals surface area contributed by atoms with Gasteiger partial charge in [0.1, 0.15) is 5.75 Å². The second-order valence-corrected chi connectivity index (χ2v) is 5.09. The summed E-state index contributed by atoms with van der Waals surface area (Å²) in [6.07, 6.45) is 3.75. The highest BCUT2D eigenvalue weighted by Crippen LogP contribution is 2.39. The minimum atomic E-state index is 0. The van der Waals surface area contributed by atoms with Crippen LogP contribution in [-0.2, 0) is 0 Å². The summed E-state index contributed by atoms with van der Waals surface area (Å²) in [6.45, 7) is 0. The third kappa shape index (κ3) is 3.37. The maximum absolute atomic E-state index is 6.18. The fourth-order valence-corrected chi connectivity index (χ4v) is 2.21. The molecule has 1 atom stereocenters. The summed E-state index contributed by atoms with van der Waals surface area (Å²) in [5.41, 5.74) is 7.29. The molecule has 2 N–H and O–H groups in total. The molecule has 0 heterocycles. The number of rotatable bonds is 4. The second-order valence-electron chi connectivity index (χ2n) is 4.17. The van der Waals surface area contributed by atoms with Gasteiger partial charge in [-0.25, -0.2) is 0 Å². The Hall–Kier alpha value is -0.250. The summed E-state index contributed by atoms with van der Waals surface area (Å²) >= 11 is 3.46. The number of methoxy groups -OCH3 is 1. The van der Waals surface area contributed by atoms with Crippen LogP contribution < -0.4 is 10.5 Å². The molecule has 0 radical (unpaired) electrons. The molecule has 1 aliphatic carbocycles. The zero-order chi connectivity index (χ0) is 10.8. The molecule has 1 aliphatic rings. The van der Waals surface area contributed by atoms with Crippen LogP contribution >= 0.6 is 28.3 Å². The van der Waals surface area contributed by atoms with Crippen LogP contribution in [0.2, 0.25) is 0 Å². The molecule has 0 aromatic heterocycles. The molecule has 1 saturated carbocycles. The smallest absolute Gasteiger partial charge is 0.123 e. The molecular weight excluding hydrogens is 289 g/mol. The van der Waals surface area contributed by atoms with Crippen LogP contribution in [0.4, 0.5) is 0 Å². The van der Waals surface area contributed by atoms with Gasteiger partial charge in [0.2, 0.25) is 0 Å². The normalized spacial score (nSPS) is 16.4. The molecule has 1 aromatic rings. The fraction of sp³-hybridized carbons (Fsp3) is 0.500. The molecule has 90 valence electrons. The van der Waals surface area contributed by atoms with E-state index in [1.54, 1.807) is 7.11 Å². The van der Waals surface area contributed by atoms with Crippen molar-refractivity contribution in [2.45, 2.75) is 25.3 Å². The van der Waals surface area contributed by atoms with Crippen LogP contribution in [0.25, 0.3) is 0 Å². The second kappa shape index (κ2) is 5.89. The Labute approximate surface area is 111 Å². The molecule has 1 fully saturated rings. The van der Waals surface area contributed by atoms with Gasteiger partial charge in [-0.3, -0.25) is 0 Å². The molecule has 0 saturated heterocycles. The number of ether oxygens (including phenoxy) is 1. The summed E-state index contributed by atoms with van der Waals surface area (Å²) in [4.78, 5) is 0. The highest BCUT2D eigenvalue weighted by molar-refractivity contribution is 9.10. The average molecular weight is 307 g/mol. The molecular formula is C12H17BrClNO. The molecule has 0 amide bonds. The Morgan fingerprint density at radius 2 is 2.19 bits per heavy atom. The summed E-state index contributed by atoms with van der Waals surface area (Å²) in [5, 5.41) is 0. The van der Waals surface area contributed by atoms with Crippen LogP contribution in [0.3, 0.4) is 0 Å². The lowest BCUT2D eigenvalue weighted by molar-refractivity contribution is 0.403. The molecule has 2 nitrogen and oxygen atoms in total. The molecule has 0 unspecified atom stereocenters. The molecule has 4 heteroatoms. The zero-order valence-corrected chi connectivity index (χ0v) is 11.7. The predicted octanol–water partition coefficient (Wildman–Crippen LogP) is 3.68. The van der Waals surface area contributed by atoms with E-state index in [1.165, 1.54) is 12.8 Å². The van der Waals surface area contributed by atoms with Gasteiger partial charge in [0, 0.05) is 16.1 Å². The van der Waals surface area contributed by atoms with E-state index in [2.05, 4.69) is 22.0 Å². The predicted molar refractivity (Wildman–Crippen MR) is 72.2 cm³/mol. The average Bonchev–Trinajstić information content (AvgIpc) is 3.01. The van der Waals surface area contributed by atoms with Crippen LogP contribution in [0.1, 0.15) is 30.9 Å². The van der Waals surface area contributed by atoms with Gasteiger partial charge in [0.25, 0.3) is 0 Å². The topological polar surface area (TPSA) is 35.2 Å². The first-order valence-electron chi connectivity index (χ1n) is 5.29. The molecule has 0 bridgehead atoms. The van der Waals surface area contributed by atoms with E-state index in [-0.39, 0.29) is 18.4 Å². The van der Waals surface area contributed by atoms with Crippen molar-refractivity contribution in [1.82, 2.24) is 0 Å². The highest BCUT2D eigenvalue weighted by Gasteiger charge is 2.25. The largest absolute Gasteiger partial charge is 0.496 e. The molecule has 2 rings (SSSR count). The summed E-state index contributed by atoms with van der Waals surface area (Å²) in [7, 11) is 1.69. The first-order chi connectivity index (χ1) is 7.20. The summed E-state index contributed by atoms with van der Waals surface area (Å²) < 4.78 is 6.38. The maximum Gasteiger partial charge on any atom is 0.123 e. The van der Waals surface area contributed by atoms with Crippen LogP contribution in [0.5, 0.6) is 5.75 Å². The lowest BCUT2D eigenvalue weighted by atomic mass is 10.0. The number of benzene rings is 1. The van der Waals surface area contributed by atoms with Crippen LogP contribution in [0.15, 0.2) is 22.7 Å². The van der Waals surface area contributed by atoms with Crippen LogP contribution in [-0.4, -0.2) is 7.11 Å². The van der Waals surface area contributed by atoms with Crippen molar-refractivity contribution in [2.24, 2.45) is 11.7 Å². The van der Waals surface area contributed by atoms with Crippen molar-refractivity contribution in [2.75, 3.05) is 7.11 Å². The Bertz CT molecular complexity index is 355. The standard InChI is InChI=1S/C12H16BrNO.ClH/c1-15-12-5-4-9(13)7-10(12)11(14)6-8-2-3-8;/h4-5,7-8,11H,2-3,6,14H2,1H3;1H/t11-;/m0./s1. The number of hydrogen-bond donors (Lipinski definition) is 1. The van der Waals surface area contributed by atoms with Gasteiger partial charge in [-0.2, -0.15) is 0 Å². The van der Waals surface area contributed by atoms with E-state index in [4.69, 9.17) is 10.5 Å². The van der Waals surface area contributed by atoms with Crippen molar-refractivity contribution in [1.29, 1.82) is 0 Å². The van der Waals surface area contributed by atoms with Crippen molar-refractivity contribution < 1.29 is 4.74 Å². The van der Waals surface area contributed by atoms with Crippen molar-refractivity contribution in [3.63, 3.8) is 0 Å². The third-order valence-corrected chi connectivity index (χ3v) is 3.37. The lowest BCUT2D eigenvalue weighted by Gasteiger charge is -2.15. The van der Waals surface area contributed by atoms with Gasteiger partial charge in [0.05, 0.1) is 7.11 Å². The molecule has 16 heavy (non-hydrogen) atoms. The first kappa shape index (κ1) is 13.8. The highest BCUT2D eigenvalue weighted by atomic mass is 79.9. The number of hydrogen-bond acceptors (Lipinski definition) is 2. The zero-order valence-electron chi connectivity index (χ0n) is 9.28. The molecule has 1 aromatic carbocycles. The third-order valence-electron chi connectivity index (χ3n) is 2.88. The number of halogens is 2. The van der Waals surface area contributed by atoms with Gasteiger partial charge < -0.3 is 10.5 Å². The van der Waals surface area contributed by atoms with Crippen molar-refractivity contribution >= 4 is 28.3 Å². The van der Waals surface area contributed by atoms with E-state index >= 15 is 0 Å². The Balaban J connectivity index is 0.00000128. The summed E-state index contributed by atoms with van der Waals surface area (Å²) in [6, 6.07) is 6.11. The van der Waals surface area contributed by atoms with Crippen molar-refractivity contribution in [3.8, 4) is 5.75 Å². The van der Waals surface area contributed by atoms with E-state index in [0.29, 0.717) is 0 Å². The van der Waals surface area contributed by atoms with Gasteiger partial charge in [-0.1, -0.05) is 28.8 Å². The monoisotopic (exact) mass is 305 g/mol. The first-order valence-corrected chi connectivity index (χ1v) is 6.09. The Kier molecular flexibility index (Phi) is 5.09. The number of nitrogens with two attached hydrogens (primary N) is 1. The molecule has 0 spiro atoms. The summed E-state index contributed by atoms with van der Waals surface area (Å²) in [5.74, 6) is 1.73. The van der Waals surface area contributed by atoms with E-state index in [9.17, 15) is 0 Å². The van der Waals surface area contributed by atoms with Gasteiger partial charge in [-0.05, 0) is 30.5 Å². The minimum absolute atomic E-state index is 0. The fourth-order valence-electron chi connectivity index (χ4n) is 1.83. The molecule has 0 aliphatic heterocycles. The van der Waals surface area contributed by atoms with Gasteiger partial charge in [0.15, 0.2) is 0 Å².